The first-order valence-corrected chi connectivity index (χ1v) is 9.29. The molecule has 1 saturated carbocycles. The number of nitrogens with zero attached hydrogens (tertiary/aromatic N) is 3. The number of aliphatic hydroxyl groups is 2. The van der Waals surface area contributed by atoms with Crippen LogP contribution in [-0.4, -0.2) is 91.7 Å². The predicted molar refractivity (Wildman–Crippen MR) is 111 cm³/mol. The molecule has 1 aromatic rings. The lowest BCUT2D eigenvalue weighted by molar-refractivity contribution is -0.165. The highest BCUT2D eigenvalue weighted by Crippen LogP contribution is 2.37. The van der Waals surface area contributed by atoms with E-state index in [4.69, 9.17) is 31.9 Å². The maximum atomic E-state index is 9.77. The van der Waals surface area contributed by atoms with Crippen LogP contribution >= 0.6 is 0 Å². The normalized spacial score (nSPS) is 19.2. The first-order chi connectivity index (χ1) is 13.6. The largest absolute Gasteiger partial charge is 0.479 e. The van der Waals surface area contributed by atoms with E-state index in [1.165, 1.54) is 12.8 Å². The summed E-state index contributed by atoms with van der Waals surface area (Å²) < 4.78 is 0. The molecule has 3 atom stereocenters. The van der Waals surface area contributed by atoms with Crippen molar-refractivity contribution in [3.8, 4) is 0 Å². The van der Waals surface area contributed by atoms with Crippen molar-refractivity contribution in [3.05, 3.63) is 5.56 Å². The van der Waals surface area contributed by atoms with Crippen LogP contribution in [0.3, 0.4) is 0 Å². The van der Waals surface area contributed by atoms with Crippen LogP contribution in [0, 0.1) is 5.92 Å². The van der Waals surface area contributed by atoms with Crippen LogP contribution in [0.2, 0.25) is 0 Å². The van der Waals surface area contributed by atoms with Crippen molar-refractivity contribution in [2.24, 2.45) is 5.92 Å². The third-order valence-corrected chi connectivity index (χ3v) is 4.93. The zero-order valence-corrected chi connectivity index (χ0v) is 17.2. The van der Waals surface area contributed by atoms with E-state index in [0.29, 0.717) is 11.9 Å². The van der Waals surface area contributed by atoms with E-state index < -0.39 is 24.1 Å². The van der Waals surface area contributed by atoms with Gasteiger partial charge >= 0.3 is 11.9 Å². The molecule has 2 heterocycles. The molecule has 1 saturated heterocycles. The lowest BCUT2D eigenvalue weighted by Gasteiger charge is -2.22. The number of likely N-dealkylation sites (N-methyl/N-ethyl adjacent to an activating group) is 1. The van der Waals surface area contributed by atoms with Crippen LogP contribution in [0.4, 0.5) is 17.6 Å². The lowest BCUT2D eigenvalue weighted by Crippen LogP contribution is -2.39. The van der Waals surface area contributed by atoms with Crippen molar-refractivity contribution in [3.63, 3.8) is 0 Å². The minimum atomic E-state index is -2.27. The molecule has 31 heavy (non-hydrogen) atoms. The zero-order chi connectivity index (χ0) is 21.7. The average molecular weight is 448 g/mol. The molecule has 1 aliphatic carbocycles. The van der Waals surface area contributed by atoms with E-state index in [1.807, 2.05) is 7.05 Å². The maximum Gasteiger partial charge on any atom is 0.335 e. The Bertz CT molecular complexity index is 730. The van der Waals surface area contributed by atoms with Gasteiger partial charge in [-0.3, -0.25) is 0 Å². The smallest absolute Gasteiger partial charge is 0.335 e. The summed E-state index contributed by atoms with van der Waals surface area (Å²) in [5.41, 5.74) is 12.9. The molecule has 1 aromatic heterocycles. The molecule has 1 aliphatic heterocycles. The molecule has 0 aromatic carbocycles. The summed E-state index contributed by atoms with van der Waals surface area (Å²) in [6, 6.07) is 0.520. The van der Waals surface area contributed by atoms with Crippen LogP contribution in [0.1, 0.15) is 24.8 Å². The van der Waals surface area contributed by atoms with Gasteiger partial charge in [-0.25, -0.2) is 9.59 Å². The Morgan fingerprint density at radius 3 is 2.06 bits per heavy atom. The van der Waals surface area contributed by atoms with Crippen molar-refractivity contribution >= 4 is 29.5 Å². The Balaban J connectivity index is 0.000000654. The summed E-state index contributed by atoms with van der Waals surface area (Å²) in [5.74, 6) is -0.988. The maximum absolute atomic E-state index is 9.77. The number of carbonyl (C=O) groups is 2. The third kappa shape index (κ3) is 7.76. The topological polar surface area (TPSA) is 271 Å². The van der Waals surface area contributed by atoms with Crippen molar-refractivity contribution in [1.29, 1.82) is 0 Å². The standard InChI is InChI=1S/C13H22N6.C4H6O6.2H2O/c1-16-9-4-5-19(7-9)12-10(6-8-2-3-8)11(14)17-13(15)18-12;5-1(3(7)8)2(6)4(9)10;;/h8-9,16H,2-7H2,1H3,(H4,14,15,17,18);1-2,5-6H,(H,7,8)(H,9,10);2*1H2/t9-;;;/m1.../s1. The second kappa shape index (κ2) is 12.2. The SMILES string of the molecule is CN[C@@H]1CCN(c2nc(N)nc(N)c2CC2CC2)C1.O.O.O=C(O)C(O)C(O)C(=O)O. The van der Waals surface area contributed by atoms with Crippen molar-refractivity contribution in [1.82, 2.24) is 15.3 Å². The van der Waals surface area contributed by atoms with Gasteiger partial charge in [0.1, 0.15) is 11.6 Å². The fourth-order valence-corrected chi connectivity index (χ4v) is 3.03. The monoisotopic (exact) mass is 448 g/mol. The number of carboxylic acid groups (broad SMARTS) is 2. The Kier molecular flexibility index (Phi) is 11.1. The van der Waals surface area contributed by atoms with Gasteiger partial charge in [-0.1, -0.05) is 0 Å². The number of nitrogens with one attached hydrogen (secondary N) is 1. The fourth-order valence-electron chi connectivity index (χ4n) is 3.03. The Labute approximate surface area is 178 Å². The van der Waals surface area contributed by atoms with E-state index >= 15 is 0 Å². The number of carboxylic acids is 2. The number of nitrogen functional groups attached to an aromatic ring is 2. The summed E-state index contributed by atoms with van der Waals surface area (Å²) in [4.78, 5) is 30.4. The first kappa shape index (κ1) is 28.2. The van der Waals surface area contributed by atoms with Crippen molar-refractivity contribution in [2.75, 3.05) is 36.5 Å². The molecule has 0 bridgehead atoms. The van der Waals surface area contributed by atoms with Gasteiger partial charge in [-0.2, -0.15) is 9.97 Å². The summed E-state index contributed by atoms with van der Waals surface area (Å²) in [6.45, 7) is 1.96. The van der Waals surface area contributed by atoms with Gasteiger partial charge in [0.2, 0.25) is 5.95 Å². The molecule has 3 rings (SSSR count). The number of aliphatic carboxylic acids is 2. The molecule has 13 N–H and O–H groups in total. The molecule has 0 spiro atoms. The molecule has 14 nitrogen and oxygen atoms in total. The van der Waals surface area contributed by atoms with E-state index in [-0.39, 0.29) is 16.9 Å². The van der Waals surface area contributed by atoms with Crippen LogP contribution < -0.4 is 21.7 Å². The van der Waals surface area contributed by atoms with Gasteiger partial charge in [0.05, 0.1) is 0 Å². The average Bonchev–Trinajstić information content (AvgIpc) is 3.36. The highest BCUT2D eigenvalue weighted by atomic mass is 16.4. The molecular formula is C17H32N6O8. The number of anilines is 3. The number of aromatic nitrogens is 2. The van der Waals surface area contributed by atoms with Crippen molar-refractivity contribution < 1.29 is 41.0 Å². The first-order valence-electron chi connectivity index (χ1n) is 9.29. The van der Waals surface area contributed by atoms with Crippen LogP contribution in [0.25, 0.3) is 0 Å². The molecule has 2 aliphatic rings. The molecule has 2 unspecified atom stereocenters. The summed E-state index contributed by atoms with van der Waals surface area (Å²) in [6.07, 6.45) is 0.172. The molecule has 2 fully saturated rings. The van der Waals surface area contributed by atoms with Gasteiger partial charge in [-0.15, -0.1) is 0 Å². The summed E-state index contributed by atoms with van der Waals surface area (Å²) >= 11 is 0. The Morgan fingerprint density at radius 1 is 1.10 bits per heavy atom. The Hall–Kier alpha value is -2.78. The van der Waals surface area contributed by atoms with Crippen LogP contribution in [-0.2, 0) is 16.0 Å². The van der Waals surface area contributed by atoms with Gasteiger partial charge in [0, 0.05) is 24.7 Å². The summed E-state index contributed by atoms with van der Waals surface area (Å²) in [7, 11) is 2.00. The molecule has 0 amide bonds. The van der Waals surface area contributed by atoms with Gasteiger partial charge in [0.15, 0.2) is 12.2 Å². The van der Waals surface area contributed by atoms with Crippen LogP contribution in [0.5, 0.6) is 0 Å². The lowest BCUT2D eigenvalue weighted by atomic mass is 10.1. The summed E-state index contributed by atoms with van der Waals surface area (Å²) in [5, 5.41) is 35.8. The van der Waals surface area contributed by atoms with E-state index in [1.54, 1.807) is 0 Å². The number of hydrogen-bond acceptors (Lipinski definition) is 10. The number of nitrogens with two attached hydrogens (primary N) is 2. The number of hydrogen-bond donors (Lipinski definition) is 7. The van der Waals surface area contributed by atoms with E-state index in [9.17, 15) is 9.59 Å². The second-order valence-electron chi connectivity index (χ2n) is 7.20. The zero-order valence-electron chi connectivity index (χ0n) is 17.2. The van der Waals surface area contributed by atoms with Gasteiger partial charge in [-0.05, 0) is 38.6 Å². The molecule has 178 valence electrons. The number of aliphatic hydroxyl groups excluding tert-OH is 2. The van der Waals surface area contributed by atoms with E-state index in [2.05, 4.69) is 20.2 Å². The highest BCUT2D eigenvalue weighted by molar-refractivity contribution is 5.83. The van der Waals surface area contributed by atoms with Crippen molar-refractivity contribution in [2.45, 2.75) is 43.9 Å². The molecule has 14 heteroatoms. The fraction of sp³-hybridized carbons (Fsp3) is 0.647. The number of rotatable bonds is 7. The van der Waals surface area contributed by atoms with Gasteiger partial charge < -0.3 is 53.1 Å². The van der Waals surface area contributed by atoms with Gasteiger partial charge in [0.25, 0.3) is 0 Å². The quantitative estimate of drug-likeness (QED) is 0.215. The molecule has 0 radical (unpaired) electrons. The Morgan fingerprint density at radius 2 is 1.65 bits per heavy atom. The third-order valence-electron chi connectivity index (χ3n) is 4.93. The molecular weight excluding hydrogens is 416 g/mol. The predicted octanol–water partition coefficient (Wildman–Crippen LogP) is -3.38. The second-order valence-corrected chi connectivity index (χ2v) is 7.20. The minimum absolute atomic E-state index is 0. The highest BCUT2D eigenvalue weighted by Gasteiger charge is 2.30. The minimum Gasteiger partial charge on any atom is -0.479 e. The van der Waals surface area contributed by atoms with E-state index in [0.717, 1.165) is 43.2 Å². The van der Waals surface area contributed by atoms with Crippen LogP contribution in [0.15, 0.2) is 0 Å².